The van der Waals surface area contributed by atoms with Gasteiger partial charge >= 0.3 is 0 Å². The van der Waals surface area contributed by atoms with Gasteiger partial charge in [-0.1, -0.05) is 26.0 Å². The number of nitrogens with zero attached hydrogens (tertiary/aromatic N) is 2. The Hall–Kier alpha value is -1.13. The third-order valence-electron chi connectivity index (χ3n) is 3.97. The number of benzene rings is 1. The van der Waals surface area contributed by atoms with Gasteiger partial charge in [-0.25, -0.2) is 4.98 Å². The molecule has 0 fully saturated rings. The molecule has 1 N–H and O–H groups in total. The van der Waals surface area contributed by atoms with Crippen LogP contribution in [0.4, 0.5) is 0 Å². The molecule has 108 valence electrons. The van der Waals surface area contributed by atoms with E-state index in [4.69, 9.17) is 0 Å². The molecule has 1 aromatic heterocycles. The molecule has 0 saturated heterocycles. The second kappa shape index (κ2) is 7.04. The number of aromatic nitrogens is 2. The Morgan fingerprint density at radius 1 is 1.15 bits per heavy atom. The van der Waals surface area contributed by atoms with Crippen molar-refractivity contribution in [3.05, 3.63) is 36.2 Å². The first-order valence-electron chi connectivity index (χ1n) is 7.19. The third-order valence-corrected chi connectivity index (χ3v) is 5.56. The van der Waals surface area contributed by atoms with E-state index in [1.807, 2.05) is 42.2 Å². The van der Waals surface area contributed by atoms with E-state index in [9.17, 15) is 0 Å². The lowest BCUT2D eigenvalue weighted by Crippen LogP contribution is -2.36. The van der Waals surface area contributed by atoms with Crippen LogP contribution in [0.1, 0.15) is 32.4 Å². The third kappa shape index (κ3) is 3.49. The first-order chi connectivity index (χ1) is 9.73. The van der Waals surface area contributed by atoms with Crippen molar-refractivity contribution >= 4 is 22.8 Å². The number of nitrogens with one attached hydrogen (secondary N) is 1. The molecule has 4 heteroatoms. The van der Waals surface area contributed by atoms with Gasteiger partial charge in [-0.2, -0.15) is 11.8 Å². The quantitative estimate of drug-likeness (QED) is 0.844. The van der Waals surface area contributed by atoms with Gasteiger partial charge in [0.25, 0.3) is 0 Å². The number of fused-ring (bicyclic) bond motifs is 1. The summed E-state index contributed by atoms with van der Waals surface area (Å²) in [6.07, 6.45) is 6.43. The zero-order valence-electron chi connectivity index (χ0n) is 12.5. The molecule has 0 aliphatic carbocycles. The molecule has 0 radical (unpaired) electrons. The number of thioether (sulfide) groups is 1. The van der Waals surface area contributed by atoms with Crippen molar-refractivity contribution in [3.63, 3.8) is 0 Å². The van der Waals surface area contributed by atoms with Gasteiger partial charge < -0.3 is 5.32 Å². The van der Waals surface area contributed by atoms with Crippen LogP contribution in [0.3, 0.4) is 0 Å². The number of hydrogen-bond acceptors (Lipinski definition) is 4. The van der Waals surface area contributed by atoms with E-state index in [-0.39, 0.29) is 0 Å². The van der Waals surface area contributed by atoms with Crippen molar-refractivity contribution in [2.75, 3.05) is 12.8 Å². The first kappa shape index (κ1) is 15.3. The maximum atomic E-state index is 4.64. The standard InChI is InChI=1S/C16H23N3S/c1-4-16(5-2,20-3)12-17-10-13-11-18-14-8-6-7-9-15(14)19-13/h6-9,11,17H,4-5,10,12H2,1-3H3. The normalized spacial score (nSPS) is 11.9. The minimum atomic E-state index is 0.338. The minimum absolute atomic E-state index is 0.338. The van der Waals surface area contributed by atoms with Crippen molar-refractivity contribution in [3.8, 4) is 0 Å². The average molecular weight is 289 g/mol. The topological polar surface area (TPSA) is 37.8 Å². The van der Waals surface area contributed by atoms with Crippen LogP contribution in [0.15, 0.2) is 30.5 Å². The fraction of sp³-hybridized carbons (Fsp3) is 0.500. The van der Waals surface area contributed by atoms with Crippen LogP contribution in [-0.4, -0.2) is 27.5 Å². The van der Waals surface area contributed by atoms with Gasteiger partial charge in [0.15, 0.2) is 0 Å². The molecular weight excluding hydrogens is 266 g/mol. The summed E-state index contributed by atoms with van der Waals surface area (Å²) >= 11 is 1.96. The molecule has 0 aliphatic heterocycles. The van der Waals surface area contributed by atoms with E-state index in [2.05, 4.69) is 35.4 Å². The lowest BCUT2D eigenvalue weighted by atomic mass is 10.0. The van der Waals surface area contributed by atoms with Gasteiger partial charge in [0, 0.05) is 17.8 Å². The maximum Gasteiger partial charge on any atom is 0.0890 e. The summed E-state index contributed by atoms with van der Waals surface area (Å²) in [5.41, 5.74) is 2.93. The maximum absolute atomic E-state index is 4.64. The molecule has 0 atom stereocenters. The summed E-state index contributed by atoms with van der Waals surface area (Å²) in [5.74, 6) is 0. The summed E-state index contributed by atoms with van der Waals surface area (Å²) in [6, 6.07) is 7.99. The molecule has 1 heterocycles. The fourth-order valence-corrected chi connectivity index (χ4v) is 3.18. The number of para-hydroxylation sites is 2. The lowest BCUT2D eigenvalue weighted by Gasteiger charge is -2.29. The highest BCUT2D eigenvalue weighted by Gasteiger charge is 2.24. The van der Waals surface area contributed by atoms with Crippen LogP contribution >= 0.6 is 11.8 Å². The number of rotatable bonds is 7. The molecule has 3 nitrogen and oxygen atoms in total. The smallest absolute Gasteiger partial charge is 0.0890 e. The van der Waals surface area contributed by atoms with Crippen LogP contribution < -0.4 is 5.32 Å². The van der Waals surface area contributed by atoms with Crippen LogP contribution in [0.25, 0.3) is 11.0 Å². The van der Waals surface area contributed by atoms with Crippen LogP contribution in [-0.2, 0) is 6.54 Å². The van der Waals surface area contributed by atoms with E-state index in [1.165, 1.54) is 12.8 Å². The molecule has 0 spiro atoms. The van der Waals surface area contributed by atoms with Crippen LogP contribution in [0, 0.1) is 0 Å². The molecule has 20 heavy (non-hydrogen) atoms. The summed E-state index contributed by atoms with van der Waals surface area (Å²) in [4.78, 5) is 9.09. The van der Waals surface area contributed by atoms with Gasteiger partial charge in [-0.05, 0) is 31.2 Å². The molecular formula is C16H23N3S. The molecule has 2 aromatic rings. The molecule has 1 aromatic carbocycles. The Kier molecular flexibility index (Phi) is 5.38. The minimum Gasteiger partial charge on any atom is -0.310 e. The predicted molar refractivity (Wildman–Crippen MR) is 88.1 cm³/mol. The molecule has 0 aliphatic rings. The molecule has 0 bridgehead atoms. The second-order valence-corrected chi connectivity index (χ2v) is 6.32. The Bertz CT molecular complexity index is 544. The summed E-state index contributed by atoms with van der Waals surface area (Å²) in [6.45, 7) is 6.31. The van der Waals surface area contributed by atoms with Gasteiger partial charge in [-0.15, -0.1) is 0 Å². The number of hydrogen-bond donors (Lipinski definition) is 1. The fourth-order valence-electron chi connectivity index (χ4n) is 2.36. The van der Waals surface area contributed by atoms with E-state index in [0.29, 0.717) is 4.75 Å². The van der Waals surface area contributed by atoms with E-state index < -0.39 is 0 Å². The van der Waals surface area contributed by atoms with Crippen molar-refractivity contribution < 1.29 is 0 Å². The van der Waals surface area contributed by atoms with Crippen LogP contribution in [0.5, 0.6) is 0 Å². The van der Waals surface area contributed by atoms with Gasteiger partial charge in [0.1, 0.15) is 0 Å². The Morgan fingerprint density at radius 3 is 2.50 bits per heavy atom. The van der Waals surface area contributed by atoms with Gasteiger partial charge in [0.05, 0.1) is 22.9 Å². The zero-order valence-corrected chi connectivity index (χ0v) is 13.3. The van der Waals surface area contributed by atoms with E-state index in [1.54, 1.807) is 0 Å². The molecule has 0 saturated carbocycles. The Morgan fingerprint density at radius 2 is 1.85 bits per heavy atom. The summed E-state index contributed by atoms with van der Waals surface area (Å²) < 4.78 is 0.338. The predicted octanol–water partition coefficient (Wildman–Crippen LogP) is 3.64. The van der Waals surface area contributed by atoms with Crippen molar-refractivity contribution in [1.29, 1.82) is 0 Å². The second-order valence-electron chi connectivity index (χ2n) is 5.05. The van der Waals surface area contributed by atoms with E-state index >= 15 is 0 Å². The largest absolute Gasteiger partial charge is 0.310 e. The molecule has 2 rings (SSSR count). The van der Waals surface area contributed by atoms with Crippen molar-refractivity contribution in [1.82, 2.24) is 15.3 Å². The van der Waals surface area contributed by atoms with Gasteiger partial charge in [0.2, 0.25) is 0 Å². The highest BCUT2D eigenvalue weighted by molar-refractivity contribution is 8.00. The molecule has 0 unspecified atom stereocenters. The summed E-state index contributed by atoms with van der Waals surface area (Å²) in [5, 5.41) is 3.54. The van der Waals surface area contributed by atoms with Gasteiger partial charge in [-0.3, -0.25) is 4.98 Å². The summed E-state index contributed by atoms with van der Waals surface area (Å²) in [7, 11) is 0. The highest BCUT2D eigenvalue weighted by atomic mass is 32.2. The van der Waals surface area contributed by atoms with Crippen LogP contribution in [0.2, 0.25) is 0 Å². The highest BCUT2D eigenvalue weighted by Crippen LogP contribution is 2.29. The lowest BCUT2D eigenvalue weighted by molar-refractivity contribution is 0.493. The Labute approximate surface area is 125 Å². The Balaban J connectivity index is 1.99. The average Bonchev–Trinajstić information content (AvgIpc) is 2.52. The zero-order chi connectivity index (χ0) is 14.4. The van der Waals surface area contributed by atoms with Crippen molar-refractivity contribution in [2.24, 2.45) is 0 Å². The van der Waals surface area contributed by atoms with Crippen molar-refractivity contribution in [2.45, 2.75) is 38.0 Å². The van der Waals surface area contributed by atoms with E-state index in [0.717, 1.165) is 29.8 Å². The SMILES string of the molecule is CCC(CC)(CNCc1cnc2ccccc2n1)SC. The monoisotopic (exact) mass is 289 g/mol. The first-order valence-corrected chi connectivity index (χ1v) is 8.42. The molecule has 0 amide bonds.